The Morgan fingerprint density at radius 2 is 1.64 bits per heavy atom. The highest BCUT2D eigenvalue weighted by molar-refractivity contribution is 5.89. The summed E-state index contributed by atoms with van der Waals surface area (Å²) >= 11 is 0. The van der Waals surface area contributed by atoms with Crippen molar-refractivity contribution >= 4 is 17.7 Å². The van der Waals surface area contributed by atoms with Crippen molar-refractivity contribution in [3.05, 3.63) is 59.7 Å². The van der Waals surface area contributed by atoms with Gasteiger partial charge >= 0.3 is 12.4 Å². The molecule has 0 aliphatic heterocycles. The van der Waals surface area contributed by atoms with Crippen molar-refractivity contribution in [2.45, 2.75) is 71.9 Å². The molecule has 0 unspecified atom stereocenters. The summed E-state index contributed by atoms with van der Waals surface area (Å²) in [5, 5.41) is 19.6. The van der Waals surface area contributed by atoms with Gasteiger partial charge in [0.25, 0.3) is 5.95 Å². The summed E-state index contributed by atoms with van der Waals surface area (Å²) in [6, 6.07) is 12.9. The number of alkyl halides is 3. The highest BCUT2D eigenvalue weighted by atomic mass is 19.4. The molecule has 9 nitrogen and oxygen atoms in total. The predicted molar refractivity (Wildman–Crippen MR) is 141 cm³/mol. The molecule has 3 aromatic rings. The minimum Gasteiger partial charge on any atom is -0.406 e. The number of halogens is 3. The van der Waals surface area contributed by atoms with E-state index in [1.165, 1.54) is 24.3 Å². The fourth-order valence-electron chi connectivity index (χ4n) is 4.93. The lowest BCUT2D eigenvalue weighted by Crippen LogP contribution is -2.45. The molecule has 210 valence electrons. The maximum atomic E-state index is 13.5. The summed E-state index contributed by atoms with van der Waals surface area (Å²) in [6.07, 6.45) is -0.933. The van der Waals surface area contributed by atoms with Crippen LogP contribution in [0.4, 0.5) is 29.6 Å². The van der Waals surface area contributed by atoms with Gasteiger partial charge in [0, 0.05) is 24.8 Å². The fraction of sp³-hybridized carbons (Fsp3) is 0.481. The molecule has 39 heavy (non-hydrogen) atoms. The summed E-state index contributed by atoms with van der Waals surface area (Å²) in [7, 11) is 0. The van der Waals surface area contributed by atoms with Gasteiger partial charge in [0.1, 0.15) is 5.75 Å². The first kappa shape index (κ1) is 28.2. The molecule has 12 heteroatoms. The number of rotatable bonds is 8. The molecule has 0 atom stereocenters. The van der Waals surface area contributed by atoms with Crippen LogP contribution < -0.4 is 15.4 Å². The van der Waals surface area contributed by atoms with Crippen LogP contribution in [0.2, 0.25) is 0 Å². The third-order valence-electron chi connectivity index (χ3n) is 7.13. The molecule has 1 saturated carbocycles. The number of H-pyrrole nitrogens is 1. The second-order valence-electron chi connectivity index (χ2n) is 10.9. The van der Waals surface area contributed by atoms with Gasteiger partial charge in [0.15, 0.2) is 0 Å². The molecule has 2 aromatic carbocycles. The molecule has 1 heterocycles. The monoisotopic (exact) mass is 545 g/mol. The number of anilines is 2. The number of tetrazole rings is 1. The summed E-state index contributed by atoms with van der Waals surface area (Å²) in [6.45, 7) is 7.69. The van der Waals surface area contributed by atoms with Gasteiger partial charge in [-0.1, -0.05) is 50.1 Å². The van der Waals surface area contributed by atoms with Gasteiger partial charge in [-0.15, -0.1) is 18.3 Å². The first-order valence-corrected chi connectivity index (χ1v) is 12.9. The maximum Gasteiger partial charge on any atom is 0.573 e. The van der Waals surface area contributed by atoms with Crippen molar-refractivity contribution in [2.24, 2.45) is 11.3 Å². The SMILES string of the molecule is CC(C)(C)C1CCC(N(Cc2ccc(CNc3nn[nH]n3)cc2)C(=O)Nc2ccc(OC(F)(F)F)cc2)CC1. The van der Waals surface area contributed by atoms with Crippen molar-refractivity contribution in [1.82, 2.24) is 25.5 Å². The molecule has 1 aliphatic carbocycles. The van der Waals surface area contributed by atoms with E-state index in [1.807, 2.05) is 29.2 Å². The van der Waals surface area contributed by atoms with E-state index < -0.39 is 6.36 Å². The molecule has 2 amide bonds. The van der Waals surface area contributed by atoms with Crippen molar-refractivity contribution in [2.75, 3.05) is 10.6 Å². The van der Waals surface area contributed by atoms with Gasteiger partial charge in [-0.2, -0.15) is 5.21 Å². The number of aromatic nitrogens is 4. The topological polar surface area (TPSA) is 108 Å². The number of hydrogen-bond donors (Lipinski definition) is 3. The van der Waals surface area contributed by atoms with E-state index in [9.17, 15) is 18.0 Å². The summed E-state index contributed by atoms with van der Waals surface area (Å²) in [5.74, 6) is 0.656. The molecule has 1 fully saturated rings. The average Bonchev–Trinajstić information content (AvgIpc) is 3.40. The number of carbonyl (C=O) groups excluding carboxylic acids is 1. The molecular formula is C27H34F3N7O2. The van der Waals surface area contributed by atoms with Crippen LogP contribution in [0.15, 0.2) is 48.5 Å². The number of nitrogens with zero attached hydrogens (tertiary/aromatic N) is 4. The van der Waals surface area contributed by atoms with E-state index in [0.717, 1.165) is 36.8 Å². The first-order chi connectivity index (χ1) is 18.5. The Morgan fingerprint density at radius 3 is 2.21 bits per heavy atom. The summed E-state index contributed by atoms with van der Waals surface area (Å²) < 4.78 is 41.4. The minimum atomic E-state index is -4.77. The Hall–Kier alpha value is -3.83. The quantitative estimate of drug-likeness (QED) is 0.304. The second kappa shape index (κ2) is 11.9. The minimum absolute atomic E-state index is 0.0519. The van der Waals surface area contributed by atoms with Crippen LogP contribution >= 0.6 is 0 Å². The number of urea groups is 1. The number of hydrogen-bond acceptors (Lipinski definition) is 6. The highest BCUT2D eigenvalue weighted by Crippen LogP contribution is 2.39. The number of ether oxygens (including phenoxy) is 1. The van der Waals surface area contributed by atoms with Gasteiger partial charge in [-0.05, 0) is 77.6 Å². The van der Waals surface area contributed by atoms with E-state index in [1.54, 1.807) is 0 Å². The zero-order chi connectivity index (χ0) is 28.0. The van der Waals surface area contributed by atoms with E-state index >= 15 is 0 Å². The zero-order valence-electron chi connectivity index (χ0n) is 22.3. The molecule has 0 saturated heterocycles. The molecule has 0 radical (unpaired) electrons. The average molecular weight is 546 g/mol. The van der Waals surface area contributed by atoms with Crippen molar-refractivity contribution < 1.29 is 22.7 Å². The molecule has 3 N–H and O–H groups in total. The number of nitrogens with one attached hydrogen (secondary N) is 3. The highest BCUT2D eigenvalue weighted by Gasteiger charge is 2.34. The van der Waals surface area contributed by atoms with E-state index in [4.69, 9.17) is 0 Å². The van der Waals surface area contributed by atoms with E-state index in [0.29, 0.717) is 30.6 Å². The van der Waals surface area contributed by atoms with Gasteiger partial charge in [0.05, 0.1) is 0 Å². The third kappa shape index (κ3) is 8.33. The standard InChI is InChI=1S/C27H34F3N7O2/c1-26(2,3)20-8-12-22(13-9-20)37(25(38)32-21-10-14-23(15-11-21)39-27(28,29)30)17-19-6-4-18(5-7-19)16-31-24-33-35-36-34-24/h4-7,10-11,14-15,20,22H,8-9,12-13,16-17H2,1-3H3,(H,32,38)(H2,31,33,34,35,36). The number of carbonyl (C=O) groups is 1. The van der Waals surface area contributed by atoms with Crippen LogP contribution in [-0.4, -0.2) is 44.0 Å². The molecule has 1 aliphatic rings. The lowest BCUT2D eigenvalue weighted by atomic mass is 9.71. The summed E-state index contributed by atoms with van der Waals surface area (Å²) in [4.78, 5) is 15.3. The van der Waals surface area contributed by atoms with Gasteiger partial charge in [-0.3, -0.25) is 0 Å². The number of amides is 2. The second-order valence-corrected chi connectivity index (χ2v) is 10.9. The zero-order valence-corrected chi connectivity index (χ0v) is 22.3. The van der Waals surface area contributed by atoms with Gasteiger partial charge < -0.3 is 20.3 Å². The Balaban J connectivity index is 1.44. The molecular weight excluding hydrogens is 511 g/mol. The number of aromatic amines is 1. The van der Waals surface area contributed by atoms with Crippen LogP contribution in [0.1, 0.15) is 57.6 Å². The van der Waals surface area contributed by atoms with Gasteiger partial charge in [0.2, 0.25) is 0 Å². The van der Waals surface area contributed by atoms with Crippen LogP contribution in [0.3, 0.4) is 0 Å². The van der Waals surface area contributed by atoms with Crippen molar-refractivity contribution in [1.29, 1.82) is 0 Å². The first-order valence-electron chi connectivity index (χ1n) is 12.9. The van der Waals surface area contributed by atoms with Crippen LogP contribution in [-0.2, 0) is 13.1 Å². The molecule has 4 rings (SSSR count). The van der Waals surface area contributed by atoms with Gasteiger partial charge in [-0.25, -0.2) is 4.79 Å². The lowest BCUT2D eigenvalue weighted by Gasteiger charge is -2.41. The van der Waals surface area contributed by atoms with Crippen LogP contribution in [0.5, 0.6) is 5.75 Å². The maximum absolute atomic E-state index is 13.5. The Labute approximate surface area is 225 Å². The lowest BCUT2D eigenvalue weighted by molar-refractivity contribution is -0.274. The molecule has 1 aromatic heterocycles. The van der Waals surface area contributed by atoms with Crippen LogP contribution in [0.25, 0.3) is 0 Å². The van der Waals surface area contributed by atoms with E-state index in [2.05, 4.69) is 56.8 Å². The Kier molecular flexibility index (Phi) is 8.61. The summed E-state index contributed by atoms with van der Waals surface area (Å²) in [5.41, 5.74) is 2.60. The Morgan fingerprint density at radius 1 is 1.00 bits per heavy atom. The molecule has 0 spiro atoms. The van der Waals surface area contributed by atoms with E-state index in [-0.39, 0.29) is 23.2 Å². The molecule has 0 bridgehead atoms. The number of benzene rings is 2. The largest absolute Gasteiger partial charge is 0.573 e. The fourth-order valence-corrected chi connectivity index (χ4v) is 4.93. The van der Waals surface area contributed by atoms with Crippen LogP contribution in [0, 0.1) is 11.3 Å². The predicted octanol–water partition coefficient (Wildman–Crippen LogP) is 6.35. The van der Waals surface area contributed by atoms with Crippen molar-refractivity contribution in [3.63, 3.8) is 0 Å². The van der Waals surface area contributed by atoms with Crippen molar-refractivity contribution in [3.8, 4) is 5.75 Å². The normalized spacial score (nSPS) is 17.9. The Bertz CT molecular complexity index is 1190. The smallest absolute Gasteiger partial charge is 0.406 e. The third-order valence-corrected chi connectivity index (χ3v) is 7.13.